The number of aromatic nitrogens is 3. The molecule has 41 heavy (non-hydrogen) atoms. The van der Waals surface area contributed by atoms with Crippen molar-refractivity contribution in [1.82, 2.24) is 20.1 Å². The summed E-state index contributed by atoms with van der Waals surface area (Å²) in [6, 6.07) is 19.6. The molecule has 0 aliphatic carbocycles. The van der Waals surface area contributed by atoms with Crippen LogP contribution in [0, 0.1) is 17.0 Å². The number of anilines is 1. The molecule has 4 aromatic rings. The molecule has 0 fully saturated rings. The lowest BCUT2D eigenvalue weighted by molar-refractivity contribution is -0.385. The molecule has 1 aromatic heterocycles. The van der Waals surface area contributed by atoms with Crippen molar-refractivity contribution in [3.63, 3.8) is 0 Å². The molecule has 3 aromatic carbocycles. The third-order valence-corrected chi connectivity index (χ3v) is 7.75. The smallest absolute Gasteiger partial charge is 0.273 e. The summed E-state index contributed by atoms with van der Waals surface area (Å²) in [4.78, 5) is 38.8. The molecule has 11 nitrogen and oxygen atoms in total. The van der Waals surface area contributed by atoms with Gasteiger partial charge in [-0.2, -0.15) is 0 Å². The van der Waals surface area contributed by atoms with Gasteiger partial charge in [-0.25, -0.2) is 0 Å². The molecule has 210 valence electrons. The number of methoxy groups -OCH3 is 1. The second-order valence-corrected chi connectivity index (χ2v) is 10.4. The third kappa shape index (κ3) is 5.92. The summed E-state index contributed by atoms with van der Waals surface area (Å²) in [5.41, 5.74) is 3.24. The molecule has 1 aliphatic rings. The van der Waals surface area contributed by atoms with Crippen LogP contribution < -0.4 is 15.0 Å². The number of rotatable bonds is 9. The number of benzene rings is 3. The van der Waals surface area contributed by atoms with Crippen molar-refractivity contribution in [2.75, 3.05) is 24.3 Å². The topological polar surface area (TPSA) is 132 Å². The van der Waals surface area contributed by atoms with Crippen molar-refractivity contribution in [3.05, 3.63) is 99.4 Å². The second kappa shape index (κ2) is 12.2. The third-order valence-electron chi connectivity index (χ3n) is 6.84. The minimum absolute atomic E-state index is 0.0143. The largest absolute Gasteiger partial charge is 0.495 e. The lowest BCUT2D eigenvalue weighted by Crippen LogP contribution is -2.36. The first-order valence-corrected chi connectivity index (χ1v) is 14.0. The summed E-state index contributed by atoms with van der Waals surface area (Å²) in [7, 11) is 1.55. The van der Waals surface area contributed by atoms with Crippen molar-refractivity contribution < 1.29 is 19.2 Å². The Hall–Kier alpha value is -4.71. The summed E-state index contributed by atoms with van der Waals surface area (Å²) >= 11 is 1.25. The molecule has 0 atom stereocenters. The van der Waals surface area contributed by atoms with Crippen molar-refractivity contribution in [3.8, 4) is 11.4 Å². The van der Waals surface area contributed by atoms with E-state index in [1.165, 1.54) is 30.0 Å². The van der Waals surface area contributed by atoms with Crippen molar-refractivity contribution in [2.45, 2.75) is 31.5 Å². The number of carbonyl (C=O) groups is 2. The van der Waals surface area contributed by atoms with Crippen LogP contribution in [0.3, 0.4) is 0 Å². The zero-order chi connectivity index (χ0) is 28.9. The van der Waals surface area contributed by atoms with E-state index < -0.39 is 10.8 Å². The van der Waals surface area contributed by atoms with Crippen LogP contribution in [0.4, 0.5) is 11.4 Å². The Balaban J connectivity index is 1.38. The average Bonchev–Trinajstić information content (AvgIpc) is 3.40. The van der Waals surface area contributed by atoms with Crippen molar-refractivity contribution in [2.24, 2.45) is 0 Å². The number of nitro benzene ring substituents is 1. The first-order valence-electron chi connectivity index (χ1n) is 13.0. The highest BCUT2D eigenvalue weighted by molar-refractivity contribution is 7.99. The van der Waals surface area contributed by atoms with Gasteiger partial charge in [-0.3, -0.25) is 24.3 Å². The molecule has 0 unspecified atom stereocenters. The van der Waals surface area contributed by atoms with Crippen LogP contribution >= 0.6 is 11.8 Å². The van der Waals surface area contributed by atoms with Gasteiger partial charge in [0.05, 0.1) is 30.0 Å². The number of nitro groups is 1. The van der Waals surface area contributed by atoms with Crippen LogP contribution in [0.15, 0.2) is 71.9 Å². The van der Waals surface area contributed by atoms with Crippen molar-refractivity contribution >= 4 is 35.0 Å². The lowest BCUT2D eigenvalue weighted by atomic mass is 10.0. The van der Waals surface area contributed by atoms with Gasteiger partial charge < -0.3 is 15.0 Å². The lowest BCUT2D eigenvalue weighted by Gasteiger charge is -2.29. The Morgan fingerprint density at radius 3 is 2.61 bits per heavy atom. The number of carbonyl (C=O) groups excluding carboxylic acids is 2. The Morgan fingerprint density at radius 1 is 1.07 bits per heavy atom. The SMILES string of the molecule is COc1ccccc1-n1c(CNC(=O)c2ccc(C)c([N+](=O)[O-])c2)nnc1SCC(=O)N1CCCc2ccccc21. The highest BCUT2D eigenvalue weighted by Gasteiger charge is 2.25. The van der Waals surface area contributed by atoms with Crippen molar-refractivity contribution in [1.29, 1.82) is 0 Å². The molecule has 1 N–H and O–H groups in total. The van der Waals surface area contributed by atoms with Crippen LogP contribution in [-0.2, 0) is 17.8 Å². The second-order valence-electron chi connectivity index (χ2n) is 9.41. The molecule has 0 saturated heterocycles. The van der Waals surface area contributed by atoms with E-state index in [0.717, 1.165) is 24.1 Å². The monoisotopic (exact) mass is 572 g/mol. The molecular weight excluding hydrogens is 544 g/mol. The van der Waals surface area contributed by atoms with Gasteiger partial charge in [0.15, 0.2) is 11.0 Å². The number of thioether (sulfide) groups is 1. The van der Waals surface area contributed by atoms with Crippen LogP contribution in [0.1, 0.15) is 33.7 Å². The highest BCUT2D eigenvalue weighted by atomic mass is 32.2. The van der Waals surface area contributed by atoms with E-state index in [4.69, 9.17) is 4.74 Å². The number of hydrogen-bond donors (Lipinski definition) is 1. The molecule has 2 amide bonds. The standard InChI is InChI=1S/C29H28N6O5S/c1-19-13-14-21(16-24(19)35(38)39)28(37)30-17-26-31-32-29(34(26)23-11-5-6-12-25(23)40-2)41-18-27(36)33-15-7-9-20-8-3-4-10-22(20)33/h3-6,8,10-14,16H,7,9,15,17-18H2,1-2H3,(H,30,37). The van der Waals surface area contributed by atoms with Crippen LogP contribution in [-0.4, -0.2) is 50.9 Å². The van der Waals surface area contributed by atoms with E-state index in [0.29, 0.717) is 34.5 Å². The number of nitrogens with one attached hydrogen (secondary N) is 1. The van der Waals surface area contributed by atoms with Gasteiger partial charge in [0.2, 0.25) is 5.91 Å². The van der Waals surface area contributed by atoms with E-state index in [2.05, 4.69) is 21.6 Å². The molecule has 5 rings (SSSR count). The summed E-state index contributed by atoms with van der Waals surface area (Å²) in [5.74, 6) is 0.583. The Bertz CT molecular complexity index is 1620. The zero-order valence-electron chi connectivity index (χ0n) is 22.6. The molecule has 0 bridgehead atoms. The molecule has 0 radical (unpaired) electrons. The fraction of sp³-hybridized carbons (Fsp3) is 0.241. The summed E-state index contributed by atoms with van der Waals surface area (Å²) in [6.07, 6.45) is 1.85. The maximum atomic E-state index is 13.3. The predicted octanol–water partition coefficient (Wildman–Crippen LogP) is 4.49. The van der Waals surface area contributed by atoms with Gasteiger partial charge in [-0.15, -0.1) is 10.2 Å². The van der Waals surface area contributed by atoms with E-state index >= 15 is 0 Å². The molecule has 0 spiro atoms. The van der Waals surface area contributed by atoms with Gasteiger partial charge in [0.25, 0.3) is 11.6 Å². The van der Waals surface area contributed by atoms with E-state index in [-0.39, 0.29) is 29.5 Å². The summed E-state index contributed by atoms with van der Waals surface area (Å²) in [6.45, 7) is 2.26. The predicted molar refractivity (Wildman–Crippen MR) is 155 cm³/mol. The molecule has 2 heterocycles. The normalized spacial score (nSPS) is 12.5. The van der Waals surface area contributed by atoms with Crippen LogP contribution in [0.5, 0.6) is 5.75 Å². The van der Waals surface area contributed by atoms with E-state index in [9.17, 15) is 19.7 Å². The van der Waals surface area contributed by atoms with Gasteiger partial charge in [-0.1, -0.05) is 48.2 Å². The zero-order valence-corrected chi connectivity index (χ0v) is 23.4. The number of fused-ring (bicyclic) bond motifs is 1. The van der Waals surface area contributed by atoms with E-state index in [1.54, 1.807) is 24.7 Å². The number of para-hydroxylation sites is 3. The Kier molecular flexibility index (Phi) is 8.29. The highest BCUT2D eigenvalue weighted by Crippen LogP contribution is 2.31. The fourth-order valence-corrected chi connectivity index (χ4v) is 5.61. The van der Waals surface area contributed by atoms with Gasteiger partial charge in [0.1, 0.15) is 5.75 Å². The minimum atomic E-state index is -0.516. The Morgan fingerprint density at radius 2 is 1.83 bits per heavy atom. The first-order chi connectivity index (χ1) is 19.9. The molecule has 1 aliphatic heterocycles. The number of hydrogen-bond acceptors (Lipinski definition) is 8. The summed E-state index contributed by atoms with van der Waals surface area (Å²) in [5, 5.41) is 23.2. The van der Waals surface area contributed by atoms with Crippen LogP contribution in [0.2, 0.25) is 0 Å². The average molecular weight is 573 g/mol. The molecular formula is C29H28N6O5S. The summed E-state index contributed by atoms with van der Waals surface area (Å²) < 4.78 is 7.32. The van der Waals surface area contributed by atoms with Crippen LogP contribution in [0.25, 0.3) is 5.69 Å². The molecule has 0 saturated carbocycles. The number of nitrogens with zero attached hydrogens (tertiary/aromatic N) is 5. The maximum Gasteiger partial charge on any atom is 0.273 e. The Labute approximate surface area is 240 Å². The fourth-order valence-electron chi connectivity index (χ4n) is 4.77. The van der Waals surface area contributed by atoms with Gasteiger partial charge in [0, 0.05) is 29.4 Å². The molecule has 12 heteroatoms. The maximum absolute atomic E-state index is 13.3. The number of aryl methyl sites for hydroxylation is 2. The quantitative estimate of drug-likeness (QED) is 0.176. The van der Waals surface area contributed by atoms with Gasteiger partial charge >= 0.3 is 0 Å². The first kappa shape index (κ1) is 27.8. The van der Waals surface area contributed by atoms with Gasteiger partial charge in [-0.05, 0) is 49.6 Å². The number of ether oxygens (including phenoxy) is 1. The van der Waals surface area contributed by atoms with E-state index in [1.807, 2.05) is 41.3 Å². The number of amides is 2. The minimum Gasteiger partial charge on any atom is -0.495 e.